The number of rotatable bonds is 21. The Labute approximate surface area is 235 Å². The van der Waals surface area contributed by atoms with Gasteiger partial charge in [0.1, 0.15) is 5.60 Å². The summed E-state index contributed by atoms with van der Waals surface area (Å²) >= 11 is 0. The molecule has 0 aliphatic rings. The third-order valence-corrected chi connectivity index (χ3v) is 7.65. The van der Waals surface area contributed by atoms with Gasteiger partial charge in [0, 0.05) is 20.0 Å². The van der Waals surface area contributed by atoms with E-state index in [4.69, 9.17) is 4.74 Å². The van der Waals surface area contributed by atoms with Crippen LogP contribution in [0.25, 0.3) is 0 Å². The van der Waals surface area contributed by atoms with Crippen molar-refractivity contribution in [2.45, 2.75) is 124 Å². The quantitative estimate of drug-likeness (QED) is 0.114. The minimum atomic E-state index is -0.530. The van der Waals surface area contributed by atoms with E-state index in [2.05, 4.69) is 83.2 Å². The Balaban J connectivity index is 0. The first-order valence-corrected chi connectivity index (χ1v) is 14.9. The number of carbonyl (C=O) groups excluding carboxylic acids is 2. The highest BCUT2D eigenvalue weighted by atomic mass is 16.6. The SMILES string of the molecule is C=CCNC(=O)OC(/C=C/CCC(C=C)CCCCC(CC)(CC)CCC)(CC)CC.C=CCNC(C)=O. The van der Waals surface area contributed by atoms with Gasteiger partial charge in [0.15, 0.2) is 0 Å². The average molecular weight is 533 g/mol. The normalized spacial score (nSPS) is 12.2. The molecule has 0 aromatic rings. The van der Waals surface area contributed by atoms with Gasteiger partial charge in [-0.1, -0.05) is 91.0 Å². The molecule has 0 saturated carbocycles. The number of allylic oxidation sites excluding steroid dienone is 2. The van der Waals surface area contributed by atoms with Crippen molar-refractivity contribution >= 4 is 12.0 Å². The predicted octanol–water partition coefficient (Wildman–Crippen LogP) is 9.07. The third-order valence-electron chi connectivity index (χ3n) is 7.65. The molecule has 0 rings (SSSR count). The maximum absolute atomic E-state index is 12.0. The monoisotopic (exact) mass is 532 g/mol. The largest absolute Gasteiger partial charge is 0.439 e. The summed E-state index contributed by atoms with van der Waals surface area (Å²) in [6, 6.07) is 0. The summed E-state index contributed by atoms with van der Waals surface area (Å²) in [7, 11) is 0. The number of amides is 2. The third kappa shape index (κ3) is 18.0. The summed E-state index contributed by atoms with van der Waals surface area (Å²) in [5, 5.41) is 5.24. The number of unbranched alkanes of at least 4 members (excludes halogenated alkanes) is 1. The lowest BCUT2D eigenvalue weighted by molar-refractivity contribution is -0.118. The number of hydrogen-bond donors (Lipinski definition) is 2. The van der Waals surface area contributed by atoms with Crippen molar-refractivity contribution in [3.8, 4) is 0 Å². The van der Waals surface area contributed by atoms with Gasteiger partial charge < -0.3 is 15.4 Å². The second-order valence-corrected chi connectivity index (χ2v) is 10.2. The Bertz CT molecular complexity index is 676. The van der Waals surface area contributed by atoms with Crippen molar-refractivity contribution in [1.82, 2.24) is 10.6 Å². The van der Waals surface area contributed by atoms with Gasteiger partial charge in [-0.15, -0.1) is 19.7 Å². The van der Waals surface area contributed by atoms with E-state index < -0.39 is 5.60 Å². The first kappa shape index (κ1) is 37.9. The fourth-order valence-corrected chi connectivity index (χ4v) is 4.76. The van der Waals surface area contributed by atoms with Gasteiger partial charge in [-0.05, 0) is 62.4 Å². The average Bonchev–Trinajstić information content (AvgIpc) is 2.93. The molecule has 5 heteroatoms. The molecular formula is C33H60N2O3. The molecule has 0 aliphatic carbocycles. The Morgan fingerprint density at radius 1 is 0.842 bits per heavy atom. The van der Waals surface area contributed by atoms with E-state index in [9.17, 15) is 9.59 Å². The standard InChI is InChI=1S/C28H51NO2.C5H9NO/c1-8-21-27(11-4,12-5)22-17-15-19-25(10-3)20-16-18-23-28(13-6,14-7)31-26(30)29-24-9-2;1-3-4-6-5(2)7/h9-10,18,23,25H,2-3,8,11-17,19-22,24H2,1,4-7H3,(H,29,30);3H,1,4H2,2H3,(H,6,7)/b23-18+;. The summed E-state index contributed by atoms with van der Waals surface area (Å²) < 4.78 is 5.72. The summed E-state index contributed by atoms with van der Waals surface area (Å²) in [5.74, 6) is 0.544. The molecule has 0 bridgehead atoms. The lowest BCUT2D eigenvalue weighted by atomic mass is 9.74. The second kappa shape index (κ2) is 23.8. The maximum Gasteiger partial charge on any atom is 0.408 e. The highest BCUT2D eigenvalue weighted by Crippen LogP contribution is 2.37. The van der Waals surface area contributed by atoms with E-state index in [1.54, 1.807) is 12.2 Å². The van der Waals surface area contributed by atoms with Crippen LogP contribution in [0.5, 0.6) is 0 Å². The van der Waals surface area contributed by atoms with E-state index >= 15 is 0 Å². The van der Waals surface area contributed by atoms with Crippen LogP contribution in [0.2, 0.25) is 0 Å². The van der Waals surface area contributed by atoms with Crippen LogP contribution in [0.4, 0.5) is 4.79 Å². The molecule has 1 atom stereocenters. The molecule has 2 N–H and O–H groups in total. The van der Waals surface area contributed by atoms with Crippen LogP contribution in [0, 0.1) is 11.3 Å². The molecule has 0 aromatic carbocycles. The molecule has 220 valence electrons. The van der Waals surface area contributed by atoms with Gasteiger partial charge in [-0.2, -0.15) is 0 Å². The smallest absolute Gasteiger partial charge is 0.408 e. The molecular weight excluding hydrogens is 472 g/mol. The number of alkyl carbamates (subject to hydrolysis) is 1. The summed E-state index contributed by atoms with van der Waals surface area (Å²) in [5.41, 5.74) is 0.0284. The van der Waals surface area contributed by atoms with Crippen molar-refractivity contribution in [1.29, 1.82) is 0 Å². The highest BCUT2D eigenvalue weighted by Gasteiger charge is 2.27. The minimum Gasteiger partial charge on any atom is -0.439 e. The van der Waals surface area contributed by atoms with Crippen LogP contribution in [-0.4, -0.2) is 30.7 Å². The van der Waals surface area contributed by atoms with Crippen molar-refractivity contribution in [3.05, 3.63) is 50.1 Å². The number of ether oxygens (including phenoxy) is 1. The fraction of sp³-hybridized carbons (Fsp3) is 0.697. The van der Waals surface area contributed by atoms with Crippen LogP contribution in [0.3, 0.4) is 0 Å². The van der Waals surface area contributed by atoms with Gasteiger partial charge in [-0.3, -0.25) is 4.79 Å². The van der Waals surface area contributed by atoms with Crippen molar-refractivity contribution in [2.75, 3.05) is 13.1 Å². The fourth-order valence-electron chi connectivity index (χ4n) is 4.76. The predicted molar refractivity (Wildman–Crippen MR) is 165 cm³/mol. The number of nitrogens with one attached hydrogen (secondary N) is 2. The Hall–Kier alpha value is -2.30. The van der Waals surface area contributed by atoms with Crippen LogP contribution < -0.4 is 10.6 Å². The molecule has 0 radical (unpaired) electrons. The van der Waals surface area contributed by atoms with Gasteiger partial charge in [0.05, 0.1) is 0 Å². The molecule has 1 unspecified atom stereocenters. The van der Waals surface area contributed by atoms with Gasteiger partial charge in [-0.25, -0.2) is 4.79 Å². The zero-order valence-electron chi connectivity index (χ0n) is 25.7. The van der Waals surface area contributed by atoms with E-state index in [0.717, 1.165) is 25.7 Å². The molecule has 0 aromatic heterocycles. The summed E-state index contributed by atoms with van der Waals surface area (Å²) in [6.07, 6.45) is 23.4. The molecule has 0 fully saturated rings. The number of hydrogen-bond acceptors (Lipinski definition) is 3. The maximum atomic E-state index is 12.0. The first-order chi connectivity index (χ1) is 18.2. The number of carbonyl (C=O) groups is 2. The van der Waals surface area contributed by atoms with Gasteiger partial charge >= 0.3 is 6.09 Å². The van der Waals surface area contributed by atoms with Crippen LogP contribution in [0.1, 0.15) is 119 Å². The van der Waals surface area contributed by atoms with Crippen LogP contribution in [-0.2, 0) is 9.53 Å². The van der Waals surface area contributed by atoms with E-state index in [1.807, 2.05) is 0 Å². The summed E-state index contributed by atoms with van der Waals surface area (Å²) in [4.78, 5) is 22.0. The molecule has 38 heavy (non-hydrogen) atoms. The first-order valence-electron chi connectivity index (χ1n) is 14.9. The Morgan fingerprint density at radius 2 is 1.45 bits per heavy atom. The van der Waals surface area contributed by atoms with Crippen LogP contribution in [0.15, 0.2) is 50.1 Å². The Kier molecular flexibility index (Phi) is 23.7. The molecule has 2 amide bonds. The zero-order valence-corrected chi connectivity index (χ0v) is 25.7. The van der Waals surface area contributed by atoms with Crippen molar-refractivity contribution in [2.24, 2.45) is 11.3 Å². The Morgan fingerprint density at radius 3 is 1.89 bits per heavy atom. The topological polar surface area (TPSA) is 67.4 Å². The summed E-state index contributed by atoms with van der Waals surface area (Å²) in [6.45, 7) is 24.7. The van der Waals surface area contributed by atoms with E-state index in [0.29, 0.717) is 24.4 Å². The van der Waals surface area contributed by atoms with E-state index in [1.165, 1.54) is 58.3 Å². The zero-order chi connectivity index (χ0) is 29.3. The minimum absolute atomic E-state index is 0.0140. The van der Waals surface area contributed by atoms with Crippen molar-refractivity contribution in [3.63, 3.8) is 0 Å². The lowest BCUT2D eigenvalue weighted by Crippen LogP contribution is -2.37. The van der Waals surface area contributed by atoms with Crippen molar-refractivity contribution < 1.29 is 14.3 Å². The highest BCUT2D eigenvalue weighted by molar-refractivity contribution is 5.72. The lowest BCUT2D eigenvalue weighted by Gasteiger charge is -2.31. The molecule has 0 spiro atoms. The second-order valence-electron chi connectivity index (χ2n) is 10.2. The van der Waals surface area contributed by atoms with E-state index in [-0.39, 0.29) is 12.0 Å². The van der Waals surface area contributed by atoms with Gasteiger partial charge in [0.25, 0.3) is 0 Å². The molecule has 0 heterocycles. The molecule has 5 nitrogen and oxygen atoms in total. The van der Waals surface area contributed by atoms with Crippen LogP contribution >= 0.6 is 0 Å². The van der Waals surface area contributed by atoms with Gasteiger partial charge in [0.2, 0.25) is 5.91 Å². The molecule has 0 aliphatic heterocycles. The molecule has 0 saturated heterocycles.